The molecule has 168 valence electrons. The maximum Gasteiger partial charge on any atom is 0.410 e. The molecule has 4 rings (SSSR count). The van der Waals surface area contributed by atoms with Crippen molar-refractivity contribution in [1.82, 2.24) is 24.8 Å². The highest BCUT2D eigenvalue weighted by Crippen LogP contribution is 2.23. The molecule has 4 heterocycles. The molecule has 2 aliphatic heterocycles. The minimum Gasteiger partial charge on any atom is -0.444 e. The second-order valence-corrected chi connectivity index (χ2v) is 8.76. The average Bonchev–Trinajstić information content (AvgIpc) is 2.73. The Labute approximate surface area is 185 Å². The van der Waals surface area contributed by atoms with Crippen LogP contribution in [0.3, 0.4) is 0 Å². The van der Waals surface area contributed by atoms with Crippen LogP contribution in [-0.2, 0) is 30.7 Å². The Hall–Kier alpha value is -2.74. The predicted octanol–water partition coefficient (Wildman–Crippen LogP) is 3.92. The van der Waals surface area contributed by atoms with E-state index in [9.17, 15) is 4.79 Å². The molecule has 1 N–H and O–H groups in total. The van der Waals surface area contributed by atoms with Crippen molar-refractivity contribution in [3.63, 3.8) is 0 Å². The fraction of sp³-hybridized carbons (Fsp3) is 0.565. The average molecular weight is 427 g/mol. The van der Waals surface area contributed by atoms with Gasteiger partial charge in [0, 0.05) is 37.9 Å². The fourth-order valence-corrected chi connectivity index (χ4v) is 3.61. The SMILES string of the molecule is CC.CN1CCc2ncc(Nc3ncc4c(n3)CN(C(=O)OC(C)(C)C)CC4)cc2C1. The number of carbonyl (C=O) groups excluding carboxylic acids is 1. The molecule has 8 nitrogen and oxygen atoms in total. The Bertz CT molecular complexity index is 925. The number of nitrogens with zero attached hydrogens (tertiary/aromatic N) is 5. The van der Waals surface area contributed by atoms with E-state index in [1.54, 1.807) is 4.90 Å². The van der Waals surface area contributed by atoms with E-state index in [0.29, 0.717) is 19.0 Å². The van der Waals surface area contributed by atoms with Gasteiger partial charge in [0.25, 0.3) is 0 Å². The van der Waals surface area contributed by atoms with Gasteiger partial charge in [-0.25, -0.2) is 14.8 Å². The summed E-state index contributed by atoms with van der Waals surface area (Å²) < 4.78 is 5.50. The van der Waals surface area contributed by atoms with Gasteiger partial charge in [-0.2, -0.15) is 0 Å². The first-order valence-corrected chi connectivity index (χ1v) is 11.0. The zero-order chi connectivity index (χ0) is 22.6. The summed E-state index contributed by atoms with van der Waals surface area (Å²) >= 11 is 0. The van der Waals surface area contributed by atoms with Crippen LogP contribution < -0.4 is 5.32 Å². The summed E-state index contributed by atoms with van der Waals surface area (Å²) in [5.74, 6) is 0.515. The van der Waals surface area contributed by atoms with Crippen LogP contribution in [0, 0.1) is 0 Å². The molecule has 0 aromatic carbocycles. The van der Waals surface area contributed by atoms with Gasteiger partial charge in [-0.05, 0) is 51.4 Å². The summed E-state index contributed by atoms with van der Waals surface area (Å²) in [6, 6.07) is 2.12. The van der Waals surface area contributed by atoms with Crippen molar-refractivity contribution in [1.29, 1.82) is 0 Å². The standard InChI is InChI=1S/C21H28N6O2.C2H6/c1-21(2,3)29-20(28)27-8-5-14-10-23-19(25-18(14)13-27)24-16-9-15-12-26(4)7-6-17(15)22-11-16;1-2/h9-11H,5-8,12-13H2,1-4H3,(H,23,24,25);1-2H3. The van der Waals surface area contributed by atoms with Crippen LogP contribution in [0.15, 0.2) is 18.5 Å². The van der Waals surface area contributed by atoms with Crippen molar-refractivity contribution >= 4 is 17.7 Å². The monoisotopic (exact) mass is 426 g/mol. The number of anilines is 2. The van der Waals surface area contributed by atoms with Crippen LogP contribution in [0.1, 0.15) is 57.1 Å². The number of fused-ring (bicyclic) bond motifs is 2. The maximum absolute atomic E-state index is 12.4. The van der Waals surface area contributed by atoms with Gasteiger partial charge < -0.3 is 19.9 Å². The molecule has 0 aliphatic carbocycles. The lowest BCUT2D eigenvalue weighted by Gasteiger charge is -2.30. The molecule has 0 saturated carbocycles. The van der Waals surface area contributed by atoms with E-state index >= 15 is 0 Å². The molecule has 0 fully saturated rings. The van der Waals surface area contributed by atoms with E-state index in [4.69, 9.17) is 4.74 Å². The molecule has 2 aromatic heterocycles. The van der Waals surface area contributed by atoms with Gasteiger partial charge in [-0.3, -0.25) is 4.98 Å². The molecule has 0 unspecified atom stereocenters. The largest absolute Gasteiger partial charge is 0.444 e. The van der Waals surface area contributed by atoms with Crippen LogP contribution in [0.4, 0.5) is 16.4 Å². The predicted molar refractivity (Wildman–Crippen MR) is 121 cm³/mol. The zero-order valence-corrected chi connectivity index (χ0v) is 19.5. The Kier molecular flexibility index (Phi) is 7.10. The van der Waals surface area contributed by atoms with Gasteiger partial charge in [-0.1, -0.05) is 13.8 Å². The van der Waals surface area contributed by atoms with Crippen molar-refractivity contribution in [3.05, 3.63) is 41.0 Å². The second kappa shape index (κ2) is 9.60. The molecule has 0 radical (unpaired) electrons. The highest BCUT2D eigenvalue weighted by atomic mass is 16.6. The molecule has 31 heavy (non-hydrogen) atoms. The van der Waals surface area contributed by atoms with E-state index in [1.165, 1.54) is 5.56 Å². The molecule has 1 amide bonds. The van der Waals surface area contributed by atoms with Crippen LogP contribution in [-0.4, -0.2) is 56.6 Å². The number of likely N-dealkylation sites (N-methyl/N-ethyl adjacent to an activating group) is 1. The number of hydrogen-bond acceptors (Lipinski definition) is 7. The molecule has 2 aromatic rings. The molecule has 0 atom stereocenters. The summed E-state index contributed by atoms with van der Waals surface area (Å²) in [5.41, 5.74) is 4.68. The summed E-state index contributed by atoms with van der Waals surface area (Å²) in [5, 5.41) is 3.26. The van der Waals surface area contributed by atoms with Crippen molar-refractivity contribution < 1.29 is 9.53 Å². The van der Waals surface area contributed by atoms with Crippen molar-refractivity contribution in [2.75, 3.05) is 25.5 Å². The van der Waals surface area contributed by atoms with Gasteiger partial charge in [-0.15, -0.1) is 0 Å². The third kappa shape index (κ3) is 5.91. The van der Waals surface area contributed by atoms with Gasteiger partial charge >= 0.3 is 6.09 Å². The fourth-order valence-electron chi connectivity index (χ4n) is 3.61. The third-order valence-electron chi connectivity index (χ3n) is 5.08. The summed E-state index contributed by atoms with van der Waals surface area (Å²) in [6.07, 6.45) is 5.07. The van der Waals surface area contributed by atoms with Crippen LogP contribution in [0.2, 0.25) is 0 Å². The second-order valence-electron chi connectivity index (χ2n) is 8.76. The lowest BCUT2D eigenvalue weighted by Crippen LogP contribution is -2.40. The van der Waals surface area contributed by atoms with Crippen LogP contribution in [0.25, 0.3) is 0 Å². The first-order chi connectivity index (χ1) is 14.8. The van der Waals surface area contributed by atoms with E-state index < -0.39 is 5.60 Å². The Balaban J connectivity index is 0.00000132. The third-order valence-corrected chi connectivity index (χ3v) is 5.08. The summed E-state index contributed by atoms with van der Waals surface area (Å²) in [4.78, 5) is 30.1. The lowest BCUT2D eigenvalue weighted by molar-refractivity contribution is 0.0220. The van der Waals surface area contributed by atoms with Crippen molar-refractivity contribution in [2.24, 2.45) is 0 Å². The number of pyridine rings is 1. The quantitative estimate of drug-likeness (QED) is 0.779. The molecular weight excluding hydrogens is 392 g/mol. The van der Waals surface area contributed by atoms with E-state index in [2.05, 4.69) is 38.3 Å². The smallest absolute Gasteiger partial charge is 0.410 e. The zero-order valence-electron chi connectivity index (χ0n) is 19.5. The van der Waals surface area contributed by atoms with Crippen molar-refractivity contribution in [3.8, 4) is 0 Å². The van der Waals surface area contributed by atoms with Gasteiger partial charge in [0.2, 0.25) is 5.95 Å². The Morgan fingerprint density at radius 3 is 2.55 bits per heavy atom. The van der Waals surface area contributed by atoms with E-state index in [0.717, 1.165) is 48.6 Å². The highest BCUT2D eigenvalue weighted by Gasteiger charge is 2.27. The first-order valence-electron chi connectivity index (χ1n) is 11.0. The number of aromatic nitrogens is 3. The minimum absolute atomic E-state index is 0.306. The summed E-state index contributed by atoms with van der Waals surface area (Å²) in [6.45, 7) is 12.6. The molecule has 2 aliphatic rings. The number of rotatable bonds is 2. The lowest BCUT2D eigenvalue weighted by atomic mass is 10.1. The number of carbonyl (C=O) groups is 1. The molecular formula is C23H34N6O2. The number of ether oxygens (including phenoxy) is 1. The maximum atomic E-state index is 12.4. The number of hydrogen-bond donors (Lipinski definition) is 1. The van der Waals surface area contributed by atoms with Crippen molar-refractivity contribution in [2.45, 2.75) is 66.2 Å². The van der Waals surface area contributed by atoms with E-state index in [-0.39, 0.29) is 6.09 Å². The van der Waals surface area contributed by atoms with Gasteiger partial charge in [0.05, 0.1) is 24.1 Å². The van der Waals surface area contributed by atoms with Gasteiger partial charge in [0.1, 0.15) is 5.60 Å². The Morgan fingerprint density at radius 1 is 1.03 bits per heavy atom. The Morgan fingerprint density at radius 2 is 1.81 bits per heavy atom. The molecule has 0 spiro atoms. The normalized spacial score (nSPS) is 15.9. The molecule has 0 bridgehead atoms. The number of amides is 1. The topological polar surface area (TPSA) is 83.5 Å². The first kappa shape index (κ1) is 22.9. The molecule has 0 saturated heterocycles. The van der Waals surface area contributed by atoms with Crippen LogP contribution >= 0.6 is 0 Å². The number of nitrogens with one attached hydrogen (secondary N) is 1. The minimum atomic E-state index is -0.511. The van der Waals surface area contributed by atoms with Crippen LogP contribution in [0.5, 0.6) is 0 Å². The van der Waals surface area contributed by atoms with Gasteiger partial charge in [0.15, 0.2) is 0 Å². The highest BCUT2D eigenvalue weighted by molar-refractivity contribution is 5.68. The molecule has 8 heteroatoms. The van der Waals surface area contributed by atoms with E-state index in [1.807, 2.05) is 47.0 Å². The summed E-state index contributed by atoms with van der Waals surface area (Å²) in [7, 11) is 2.12.